The molecule has 1 aliphatic rings. The van der Waals surface area contributed by atoms with E-state index in [1.165, 1.54) is 31.4 Å². The average molecular weight is 661 g/mol. The van der Waals surface area contributed by atoms with Crippen LogP contribution in [0.15, 0.2) is 72.8 Å². The van der Waals surface area contributed by atoms with Crippen LogP contribution in [0.25, 0.3) is 11.1 Å². The zero-order valence-electron chi connectivity index (χ0n) is 23.4. The summed E-state index contributed by atoms with van der Waals surface area (Å²) >= 11 is 13.7. The Labute approximate surface area is 263 Å². The van der Waals surface area contributed by atoms with Crippen molar-refractivity contribution in [2.45, 2.75) is 38.2 Å². The highest BCUT2D eigenvalue weighted by Gasteiger charge is 2.27. The molecule has 0 spiro atoms. The van der Waals surface area contributed by atoms with E-state index < -0.39 is 5.97 Å². The van der Waals surface area contributed by atoms with Crippen LogP contribution in [0.1, 0.15) is 32.1 Å². The number of esters is 1. The van der Waals surface area contributed by atoms with E-state index >= 15 is 0 Å². The minimum atomic E-state index is -0.563. The van der Waals surface area contributed by atoms with Crippen LogP contribution < -0.4 is 30.7 Å². The molecule has 4 aromatic carbocycles. The second-order valence-corrected chi connectivity index (χ2v) is 13.7. The molecule has 0 amide bonds. The number of carbonyl (C=O) groups is 1. The maximum absolute atomic E-state index is 13.8. The summed E-state index contributed by atoms with van der Waals surface area (Å²) in [5.74, 6) is -0.405. The average Bonchev–Trinajstić information content (AvgIpc) is 3.01. The number of benzene rings is 4. The minimum Gasteiger partial charge on any atom is -0.488 e. The van der Waals surface area contributed by atoms with Crippen molar-refractivity contribution in [2.75, 3.05) is 13.7 Å². The van der Waals surface area contributed by atoms with E-state index in [2.05, 4.69) is 0 Å². The molecule has 0 heterocycles. The van der Waals surface area contributed by atoms with Crippen LogP contribution >= 0.6 is 40.4 Å². The lowest BCUT2D eigenvalue weighted by Crippen LogP contribution is -2.23. The molecule has 0 radical (unpaired) electrons. The van der Waals surface area contributed by atoms with Crippen molar-refractivity contribution in [3.05, 3.63) is 94.5 Å². The molecule has 4 nitrogen and oxygen atoms in total. The Morgan fingerprint density at radius 2 is 1.23 bits per heavy atom. The van der Waals surface area contributed by atoms with Crippen molar-refractivity contribution in [2.24, 2.45) is 0 Å². The molecule has 0 aliphatic heterocycles. The molecule has 0 bridgehead atoms. The summed E-state index contributed by atoms with van der Waals surface area (Å²) in [5.41, 5.74) is 1.34. The Kier molecular flexibility index (Phi) is 10.9. The maximum atomic E-state index is 13.8. The number of halogens is 4. The molecule has 4 aromatic rings. The molecule has 1 aliphatic carbocycles. The van der Waals surface area contributed by atoms with Crippen LogP contribution in [0.4, 0.5) is 8.78 Å². The Morgan fingerprint density at radius 1 is 0.744 bits per heavy atom. The first-order chi connectivity index (χ1) is 20.8. The fourth-order valence-corrected chi connectivity index (χ4v) is 7.76. The fraction of sp³-hybridized carbons (Fsp3) is 0.242. The van der Waals surface area contributed by atoms with Crippen molar-refractivity contribution < 1.29 is 27.8 Å². The van der Waals surface area contributed by atoms with Gasteiger partial charge >= 0.3 is 5.97 Å². The van der Waals surface area contributed by atoms with Crippen molar-refractivity contribution in [3.8, 4) is 22.6 Å². The predicted octanol–water partition coefficient (Wildman–Crippen LogP) is 7.46. The summed E-state index contributed by atoms with van der Waals surface area (Å²) in [7, 11) is 1.49. The molecule has 224 valence electrons. The number of rotatable bonds is 10. The van der Waals surface area contributed by atoms with E-state index in [9.17, 15) is 13.6 Å². The van der Waals surface area contributed by atoms with Crippen LogP contribution in [0, 0.1) is 11.6 Å². The molecule has 43 heavy (non-hydrogen) atoms. The monoisotopic (exact) mass is 660 g/mol. The van der Waals surface area contributed by atoms with E-state index in [4.69, 9.17) is 37.4 Å². The second-order valence-electron chi connectivity index (χ2n) is 10.1. The highest BCUT2D eigenvalue weighted by atomic mass is 35.5. The summed E-state index contributed by atoms with van der Waals surface area (Å²) < 4.78 is 45.2. The van der Waals surface area contributed by atoms with Gasteiger partial charge in [0.2, 0.25) is 0 Å². The Balaban J connectivity index is 1.73. The molecule has 2 unspecified atom stereocenters. The van der Waals surface area contributed by atoms with Gasteiger partial charge in [0.05, 0.1) is 23.3 Å². The second kappa shape index (κ2) is 14.8. The van der Waals surface area contributed by atoms with E-state index in [1.807, 2.05) is 18.2 Å². The van der Waals surface area contributed by atoms with E-state index in [0.717, 1.165) is 53.3 Å². The van der Waals surface area contributed by atoms with Crippen LogP contribution in [0.5, 0.6) is 11.5 Å². The first-order valence-electron chi connectivity index (χ1n) is 13.9. The van der Waals surface area contributed by atoms with Gasteiger partial charge in [0.15, 0.2) is 6.61 Å². The molecule has 10 heteroatoms. The van der Waals surface area contributed by atoms with Gasteiger partial charge in [-0.3, -0.25) is 0 Å². The van der Waals surface area contributed by atoms with Gasteiger partial charge in [-0.1, -0.05) is 83.2 Å². The molecular weight excluding hydrogens is 631 g/mol. The molecule has 0 N–H and O–H groups in total. The third-order valence-electron chi connectivity index (χ3n) is 7.11. The summed E-state index contributed by atoms with van der Waals surface area (Å²) in [6, 6.07) is 20.1. The van der Waals surface area contributed by atoms with Crippen LogP contribution in [0.3, 0.4) is 0 Å². The third-order valence-corrected chi connectivity index (χ3v) is 10.3. The smallest absolute Gasteiger partial charge is 0.343 e. The van der Waals surface area contributed by atoms with Crippen molar-refractivity contribution >= 4 is 67.6 Å². The Bertz CT molecular complexity index is 1580. The number of ether oxygens (including phenoxy) is 3. The van der Waals surface area contributed by atoms with Gasteiger partial charge in [0, 0.05) is 11.1 Å². The standard InChI is InChI=1S/C33H30Cl2F2O4P2/c1-39-29(38)19-40-32-25(34)15-17-27(42-23-11-7-20(36)8-12-23)30(32)31-28(43-24-13-9-21(37)10-14-24)18-16-26(35)33(31)41-22-5-3-2-4-6-22/h7-18,22,42-43H,2-6,19H2,1H3. The quantitative estimate of drug-likeness (QED) is 0.131. The largest absolute Gasteiger partial charge is 0.488 e. The minimum absolute atomic E-state index is 0.0176. The molecule has 2 atom stereocenters. The van der Waals surface area contributed by atoms with Gasteiger partial charge in [0.1, 0.15) is 23.1 Å². The van der Waals surface area contributed by atoms with Crippen molar-refractivity contribution in [1.82, 2.24) is 0 Å². The molecule has 5 rings (SSSR count). The van der Waals surface area contributed by atoms with Gasteiger partial charge in [-0.15, -0.1) is 0 Å². The zero-order chi connectivity index (χ0) is 30.3. The number of carbonyl (C=O) groups excluding carboxylic acids is 1. The van der Waals surface area contributed by atoms with Crippen LogP contribution in [-0.4, -0.2) is 25.8 Å². The van der Waals surface area contributed by atoms with Crippen LogP contribution in [-0.2, 0) is 9.53 Å². The van der Waals surface area contributed by atoms with Crippen molar-refractivity contribution in [3.63, 3.8) is 0 Å². The van der Waals surface area contributed by atoms with Gasteiger partial charge in [-0.25, -0.2) is 13.6 Å². The molecule has 0 aromatic heterocycles. The van der Waals surface area contributed by atoms with Crippen molar-refractivity contribution in [1.29, 1.82) is 0 Å². The lowest BCUT2D eigenvalue weighted by molar-refractivity contribution is -0.142. The first kappa shape index (κ1) is 31.7. The van der Waals surface area contributed by atoms with E-state index in [-0.39, 0.29) is 41.5 Å². The third kappa shape index (κ3) is 8.05. The number of methoxy groups -OCH3 is 1. The molecule has 0 saturated heterocycles. The topological polar surface area (TPSA) is 44.8 Å². The fourth-order valence-electron chi connectivity index (χ4n) is 4.99. The molecule has 1 fully saturated rings. The van der Waals surface area contributed by atoms with Gasteiger partial charge in [-0.05, 0) is 83.3 Å². The van der Waals surface area contributed by atoms with Gasteiger partial charge < -0.3 is 14.2 Å². The Hall–Kier alpha value is -2.75. The zero-order valence-corrected chi connectivity index (χ0v) is 26.9. The molecular formula is C33H30Cl2F2O4P2. The number of hydrogen-bond donors (Lipinski definition) is 0. The highest BCUT2D eigenvalue weighted by molar-refractivity contribution is 7.56. The summed E-state index contributed by atoms with van der Waals surface area (Å²) in [6.07, 6.45) is 5.09. The Morgan fingerprint density at radius 3 is 1.74 bits per heavy atom. The SMILES string of the molecule is COC(=O)COc1c(Cl)ccc(Pc2ccc(F)cc2)c1-c1c(Pc2ccc(F)cc2)ccc(Cl)c1OC1CCCCC1. The highest BCUT2D eigenvalue weighted by Crippen LogP contribution is 2.46. The summed E-state index contributed by atoms with van der Waals surface area (Å²) in [6.45, 7) is -0.360. The lowest BCUT2D eigenvalue weighted by Gasteiger charge is -2.27. The maximum Gasteiger partial charge on any atom is 0.343 e. The number of hydrogen-bond acceptors (Lipinski definition) is 4. The van der Waals surface area contributed by atoms with E-state index in [1.54, 1.807) is 30.3 Å². The van der Waals surface area contributed by atoms with Gasteiger partial charge in [-0.2, -0.15) is 0 Å². The summed E-state index contributed by atoms with van der Waals surface area (Å²) in [4.78, 5) is 12.2. The first-order valence-corrected chi connectivity index (χ1v) is 16.6. The summed E-state index contributed by atoms with van der Waals surface area (Å²) in [5, 5.41) is 4.27. The van der Waals surface area contributed by atoms with E-state index in [0.29, 0.717) is 32.7 Å². The normalized spacial score (nSPS) is 14.1. The lowest BCUT2D eigenvalue weighted by atomic mass is 9.97. The molecule has 1 saturated carbocycles. The van der Waals surface area contributed by atoms with Crippen LogP contribution in [0.2, 0.25) is 10.0 Å². The van der Waals surface area contributed by atoms with Gasteiger partial charge in [0.25, 0.3) is 0 Å². The predicted molar refractivity (Wildman–Crippen MR) is 175 cm³/mol.